The minimum atomic E-state index is 0.441. The van der Waals surface area contributed by atoms with Crippen LogP contribution in [0.25, 0.3) is 32.3 Å². The van der Waals surface area contributed by atoms with Crippen molar-refractivity contribution in [2.75, 3.05) is 26.3 Å². The molecule has 0 N–H and O–H groups in total. The molecule has 0 bridgehead atoms. The Labute approximate surface area is 207 Å². The Morgan fingerprint density at radius 2 is 1.40 bits per heavy atom. The van der Waals surface area contributed by atoms with Crippen LogP contribution in [0.4, 0.5) is 0 Å². The fourth-order valence-corrected chi connectivity index (χ4v) is 6.60. The minimum Gasteiger partial charge on any atom is -0.379 e. The Hall–Kier alpha value is -3.20. The van der Waals surface area contributed by atoms with Gasteiger partial charge < -0.3 is 4.74 Å². The number of ether oxygens (including phenoxy) is 1. The van der Waals surface area contributed by atoms with Crippen LogP contribution in [0.3, 0.4) is 0 Å². The summed E-state index contributed by atoms with van der Waals surface area (Å²) in [5.74, 6) is 0.441. The van der Waals surface area contributed by atoms with Crippen LogP contribution in [0.2, 0.25) is 0 Å². The third-order valence-electron chi connectivity index (χ3n) is 8.28. The number of fused-ring (bicyclic) bond motifs is 6. The normalized spacial score (nSPS) is 18.8. The second-order valence-electron chi connectivity index (χ2n) is 10.2. The highest BCUT2D eigenvalue weighted by Crippen LogP contribution is 2.44. The van der Waals surface area contributed by atoms with Crippen LogP contribution in [0, 0.1) is 0 Å². The maximum Gasteiger partial charge on any atom is 0.0594 e. The van der Waals surface area contributed by atoms with Crippen molar-refractivity contribution in [2.24, 2.45) is 0 Å². The Bertz CT molecular complexity index is 1550. The first kappa shape index (κ1) is 21.1. The summed E-state index contributed by atoms with van der Waals surface area (Å²) in [7, 11) is 0. The molecular formula is C33H31NO. The van der Waals surface area contributed by atoms with E-state index in [0.717, 1.165) is 32.8 Å². The molecule has 7 rings (SSSR count). The molecule has 0 aromatic heterocycles. The first-order chi connectivity index (χ1) is 17.4. The predicted octanol–water partition coefficient (Wildman–Crippen LogP) is 7.45. The fourth-order valence-electron chi connectivity index (χ4n) is 6.60. The average Bonchev–Trinajstić information content (AvgIpc) is 2.93. The lowest BCUT2D eigenvalue weighted by Gasteiger charge is -2.32. The summed E-state index contributed by atoms with van der Waals surface area (Å²) in [5, 5.41) is 8.32. The van der Waals surface area contributed by atoms with Gasteiger partial charge in [-0.2, -0.15) is 0 Å². The minimum absolute atomic E-state index is 0.441. The summed E-state index contributed by atoms with van der Waals surface area (Å²) < 4.78 is 5.63. The summed E-state index contributed by atoms with van der Waals surface area (Å²) in [6.07, 6.45) is 3.63. The van der Waals surface area contributed by atoms with Crippen LogP contribution < -0.4 is 0 Å². The number of nitrogens with zero attached hydrogens (tertiary/aromatic N) is 1. The molecule has 1 aliphatic heterocycles. The topological polar surface area (TPSA) is 12.5 Å². The van der Waals surface area contributed by atoms with Crippen molar-refractivity contribution in [3.63, 3.8) is 0 Å². The number of benzene rings is 5. The highest BCUT2D eigenvalue weighted by atomic mass is 16.5. The van der Waals surface area contributed by atoms with Crippen LogP contribution in [0.1, 0.15) is 41.0 Å². The molecule has 1 atom stereocenters. The van der Waals surface area contributed by atoms with Gasteiger partial charge in [0.1, 0.15) is 0 Å². The Kier molecular flexibility index (Phi) is 5.30. The zero-order valence-electron chi connectivity index (χ0n) is 20.2. The molecule has 5 aromatic carbocycles. The number of aryl methyl sites for hydroxylation is 1. The lowest BCUT2D eigenvalue weighted by Crippen LogP contribution is -2.36. The van der Waals surface area contributed by atoms with Gasteiger partial charge in [-0.3, -0.25) is 4.90 Å². The lowest BCUT2D eigenvalue weighted by molar-refractivity contribution is 0.0340. The van der Waals surface area contributed by atoms with E-state index in [9.17, 15) is 0 Å². The molecule has 35 heavy (non-hydrogen) atoms. The smallest absolute Gasteiger partial charge is 0.0594 e. The quantitative estimate of drug-likeness (QED) is 0.261. The molecule has 1 fully saturated rings. The molecule has 1 unspecified atom stereocenters. The van der Waals surface area contributed by atoms with Gasteiger partial charge in [-0.15, -0.1) is 0 Å². The molecule has 0 radical (unpaired) electrons. The molecular weight excluding hydrogens is 426 g/mol. The van der Waals surface area contributed by atoms with Gasteiger partial charge in [0.05, 0.1) is 13.2 Å². The number of hydrogen-bond donors (Lipinski definition) is 0. The Morgan fingerprint density at radius 1 is 0.686 bits per heavy atom. The van der Waals surface area contributed by atoms with Crippen LogP contribution in [-0.4, -0.2) is 31.2 Å². The molecule has 174 valence electrons. The lowest BCUT2D eigenvalue weighted by atomic mass is 9.74. The molecule has 0 spiro atoms. The summed E-state index contributed by atoms with van der Waals surface area (Å²) in [4.78, 5) is 2.56. The molecule has 1 aliphatic carbocycles. The molecule has 5 aromatic rings. The van der Waals surface area contributed by atoms with Crippen molar-refractivity contribution in [2.45, 2.75) is 31.7 Å². The standard InChI is InChI=1S/C33H31NO/c1-3-8-26-23(6-1)14-15-30-28-10-5-11-32(31(28)17-16-29(26)30)33-25(22-34-18-20-35-21-19-34)13-12-24-7-2-4-9-27(24)33/h1-4,6-9,12-17,32H,5,10-11,18-22H2. The first-order valence-corrected chi connectivity index (χ1v) is 13.1. The van der Waals surface area contributed by atoms with Gasteiger partial charge in [0.25, 0.3) is 0 Å². The van der Waals surface area contributed by atoms with Crippen LogP contribution in [-0.2, 0) is 17.7 Å². The van der Waals surface area contributed by atoms with Crippen molar-refractivity contribution in [3.05, 3.63) is 107 Å². The second kappa shape index (κ2) is 8.78. The zero-order chi connectivity index (χ0) is 23.2. The van der Waals surface area contributed by atoms with Crippen LogP contribution in [0.5, 0.6) is 0 Å². The number of hydrogen-bond acceptors (Lipinski definition) is 2. The van der Waals surface area contributed by atoms with Gasteiger partial charge in [-0.25, -0.2) is 0 Å². The molecule has 0 saturated carbocycles. The van der Waals surface area contributed by atoms with E-state index in [1.807, 2.05) is 0 Å². The van der Waals surface area contributed by atoms with E-state index >= 15 is 0 Å². The second-order valence-corrected chi connectivity index (χ2v) is 10.2. The van der Waals surface area contributed by atoms with Gasteiger partial charge in [0, 0.05) is 25.6 Å². The largest absolute Gasteiger partial charge is 0.379 e. The third-order valence-corrected chi connectivity index (χ3v) is 8.28. The van der Waals surface area contributed by atoms with Crippen molar-refractivity contribution >= 4 is 32.3 Å². The third kappa shape index (κ3) is 3.64. The Morgan fingerprint density at radius 3 is 2.26 bits per heavy atom. The predicted molar refractivity (Wildman–Crippen MR) is 146 cm³/mol. The highest BCUT2D eigenvalue weighted by Gasteiger charge is 2.27. The number of morpholine rings is 1. The van der Waals surface area contributed by atoms with Gasteiger partial charge in [-0.05, 0) is 73.8 Å². The van der Waals surface area contributed by atoms with Crippen molar-refractivity contribution in [1.29, 1.82) is 0 Å². The van der Waals surface area contributed by atoms with Gasteiger partial charge in [-0.1, -0.05) is 84.9 Å². The maximum atomic E-state index is 5.63. The SMILES string of the molecule is c1ccc2c(C3CCCc4c3ccc3c4ccc4ccccc43)c(CN3CCOCC3)ccc2c1. The van der Waals surface area contributed by atoms with E-state index in [1.165, 1.54) is 57.1 Å². The zero-order valence-corrected chi connectivity index (χ0v) is 20.2. The van der Waals surface area contributed by atoms with Crippen LogP contribution >= 0.6 is 0 Å². The van der Waals surface area contributed by atoms with Crippen molar-refractivity contribution < 1.29 is 4.74 Å². The molecule has 1 saturated heterocycles. The Balaban J connectivity index is 1.41. The summed E-state index contributed by atoms with van der Waals surface area (Å²) >= 11 is 0. The van der Waals surface area contributed by atoms with Gasteiger partial charge in [0.2, 0.25) is 0 Å². The summed E-state index contributed by atoms with van der Waals surface area (Å²) in [6.45, 7) is 4.73. The highest BCUT2D eigenvalue weighted by molar-refractivity contribution is 6.09. The average molecular weight is 458 g/mol. The molecule has 1 heterocycles. The fraction of sp³-hybridized carbons (Fsp3) is 0.273. The van der Waals surface area contributed by atoms with E-state index in [0.29, 0.717) is 5.92 Å². The van der Waals surface area contributed by atoms with Crippen LogP contribution in [0.15, 0.2) is 84.9 Å². The van der Waals surface area contributed by atoms with Gasteiger partial charge >= 0.3 is 0 Å². The summed E-state index contributed by atoms with van der Waals surface area (Å²) in [5.41, 5.74) is 6.14. The molecule has 2 nitrogen and oxygen atoms in total. The van der Waals surface area contributed by atoms with Crippen molar-refractivity contribution in [3.8, 4) is 0 Å². The van der Waals surface area contributed by atoms with E-state index in [-0.39, 0.29) is 0 Å². The van der Waals surface area contributed by atoms with E-state index < -0.39 is 0 Å². The first-order valence-electron chi connectivity index (χ1n) is 13.1. The molecule has 0 amide bonds. The van der Waals surface area contributed by atoms with E-state index in [1.54, 1.807) is 16.7 Å². The summed E-state index contributed by atoms with van der Waals surface area (Å²) in [6, 6.07) is 32.0. The van der Waals surface area contributed by atoms with E-state index in [4.69, 9.17) is 4.74 Å². The maximum absolute atomic E-state index is 5.63. The number of rotatable bonds is 3. The van der Waals surface area contributed by atoms with E-state index in [2.05, 4.69) is 89.8 Å². The molecule has 2 heteroatoms. The monoisotopic (exact) mass is 457 g/mol. The van der Waals surface area contributed by atoms with Gasteiger partial charge in [0.15, 0.2) is 0 Å². The van der Waals surface area contributed by atoms with Crippen molar-refractivity contribution in [1.82, 2.24) is 4.90 Å². The molecule has 2 aliphatic rings.